The van der Waals surface area contributed by atoms with E-state index in [0.29, 0.717) is 33.9 Å². The van der Waals surface area contributed by atoms with Gasteiger partial charge in [0.15, 0.2) is 5.76 Å². The van der Waals surface area contributed by atoms with Crippen LogP contribution in [0.5, 0.6) is 5.75 Å². The van der Waals surface area contributed by atoms with Crippen LogP contribution in [0.25, 0.3) is 11.6 Å². The second kappa shape index (κ2) is 8.48. The second-order valence-corrected chi connectivity index (χ2v) is 6.53. The number of hydrogen-bond acceptors (Lipinski definition) is 8. The van der Waals surface area contributed by atoms with Crippen LogP contribution in [0.4, 0.5) is 11.4 Å². The number of aromatic nitrogens is 3. The van der Waals surface area contributed by atoms with Gasteiger partial charge in [0.25, 0.3) is 0 Å². The smallest absolute Gasteiger partial charge is 0.234 e. The first kappa shape index (κ1) is 19.3. The van der Waals surface area contributed by atoms with Gasteiger partial charge in [0.05, 0.1) is 24.8 Å². The SMILES string of the molecule is COc1ccc(NC(C)=O)cc1NC(=O)CSc1nnc(-c2ccco2)n1N. The van der Waals surface area contributed by atoms with Crippen molar-refractivity contribution in [2.75, 3.05) is 29.3 Å². The zero-order chi connectivity index (χ0) is 20.1. The number of benzene rings is 1. The maximum absolute atomic E-state index is 12.3. The molecule has 2 amide bonds. The van der Waals surface area contributed by atoms with Crippen molar-refractivity contribution >= 4 is 35.0 Å². The van der Waals surface area contributed by atoms with Crippen molar-refractivity contribution in [1.82, 2.24) is 14.9 Å². The normalized spacial score (nSPS) is 10.5. The Morgan fingerprint density at radius 1 is 1.29 bits per heavy atom. The number of carbonyl (C=O) groups excluding carboxylic acids is 2. The van der Waals surface area contributed by atoms with Crippen molar-refractivity contribution < 1.29 is 18.7 Å². The Hall–Kier alpha value is -3.47. The zero-order valence-electron chi connectivity index (χ0n) is 15.1. The Kier molecular flexibility index (Phi) is 5.84. The zero-order valence-corrected chi connectivity index (χ0v) is 15.9. The molecule has 2 aromatic heterocycles. The van der Waals surface area contributed by atoms with E-state index in [9.17, 15) is 9.59 Å². The topological polar surface area (TPSA) is 137 Å². The van der Waals surface area contributed by atoms with Crippen LogP contribution in [0.2, 0.25) is 0 Å². The first-order valence-electron chi connectivity index (χ1n) is 8.10. The average molecular weight is 402 g/mol. The highest BCUT2D eigenvalue weighted by Crippen LogP contribution is 2.28. The molecule has 3 aromatic rings. The highest BCUT2D eigenvalue weighted by molar-refractivity contribution is 7.99. The molecule has 2 heterocycles. The van der Waals surface area contributed by atoms with Crippen molar-refractivity contribution in [3.8, 4) is 17.3 Å². The summed E-state index contributed by atoms with van der Waals surface area (Å²) < 4.78 is 11.7. The number of carbonyl (C=O) groups is 2. The van der Waals surface area contributed by atoms with Crippen molar-refractivity contribution in [2.24, 2.45) is 0 Å². The van der Waals surface area contributed by atoms with Crippen molar-refractivity contribution in [3.63, 3.8) is 0 Å². The Bertz CT molecular complexity index is 986. The Morgan fingerprint density at radius 2 is 2.11 bits per heavy atom. The van der Waals surface area contributed by atoms with Crippen LogP contribution in [-0.2, 0) is 9.59 Å². The lowest BCUT2D eigenvalue weighted by atomic mass is 10.2. The number of nitrogens with two attached hydrogens (primary N) is 1. The van der Waals surface area contributed by atoms with Crippen LogP contribution in [0.3, 0.4) is 0 Å². The summed E-state index contributed by atoms with van der Waals surface area (Å²) in [6.45, 7) is 1.40. The van der Waals surface area contributed by atoms with E-state index >= 15 is 0 Å². The lowest BCUT2D eigenvalue weighted by molar-refractivity contribution is -0.114. The first-order valence-corrected chi connectivity index (χ1v) is 9.09. The highest BCUT2D eigenvalue weighted by atomic mass is 32.2. The van der Waals surface area contributed by atoms with Gasteiger partial charge >= 0.3 is 0 Å². The molecule has 146 valence electrons. The number of rotatable bonds is 7. The molecule has 0 aliphatic carbocycles. The standard InChI is InChI=1S/C17H18N6O4S/c1-10(24)19-11-5-6-13(26-2)12(8-11)20-15(25)9-28-17-22-21-16(23(17)18)14-4-3-7-27-14/h3-8H,9,18H2,1-2H3,(H,19,24)(H,20,25). The van der Waals surface area contributed by atoms with Gasteiger partial charge in [-0.05, 0) is 30.3 Å². The molecule has 0 fully saturated rings. The number of nitrogens with one attached hydrogen (secondary N) is 2. The van der Waals surface area contributed by atoms with Gasteiger partial charge in [-0.25, -0.2) is 4.68 Å². The third kappa shape index (κ3) is 4.43. The molecule has 0 bridgehead atoms. The molecule has 0 spiro atoms. The van der Waals surface area contributed by atoms with E-state index < -0.39 is 0 Å². The Morgan fingerprint density at radius 3 is 2.79 bits per heavy atom. The van der Waals surface area contributed by atoms with E-state index in [2.05, 4.69) is 20.8 Å². The molecular formula is C17H18N6O4S. The van der Waals surface area contributed by atoms with E-state index in [4.69, 9.17) is 15.0 Å². The molecule has 0 saturated carbocycles. The van der Waals surface area contributed by atoms with Gasteiger partial charge in [-0.15, -0.1) is 10.2 Å². The number of nitrogens with zero attached hydrogens (tertiary/aromatic N) is 3. The van der Waals surface area contributed by atoms with E-state index in [-0.39, 0.29) is 17.6 Å². The monoisotopic (exact) mass is 402 g/mol. The molecule has 4 N–H and O–H groups in total. The Labute approximate surface area is 164 Å². The van der Waals surface area contributed by atoms with Gasteiger partial charge in [-0.1, -0.05) is 11.8 Å². The highest BCUT2D eigenvalue weighted by Gasteiger charge is 2.16. The molecular weight excluding hydrogens is 384 g/mol. The van der Waals surface area contributed by atoms with Crippen LogP contribution in [-0.4, -0.2) is 39.6 Å². The fraction of sp³-hybridized carbons (Fsp3) is 0.176. The number of amides is 2. The molecule has 0 aliphatic rings. The number of ether oxygens (including phenoxy) is 1. The number of hydrogen-bond donors (Lipinski definition) is 3. The lowest BCUT2D eigenvalue weighted by Crippen LogP contribution is -2.17. The van der Waals surface area contributed by atoms with Gasteiger partial charge < -0.3 is 25.6 Å². The van der Waals surface area contributed by atoms with Crippen molar-refractivity contribution in [2.45, 2.75) is 12.1 Å². The van der Waals surface area contributed by atoms with E-state index in [0.717, 1.165) is 11.8 Å². The molecule has 10 nitrogen and oxygen atoms in total. The summed E-state index contributed by atoms with van der Waals surface area (Å²) >= 11 is 1.12. The molecule has 3 rings (SSSR count). The van der Waals surface area contributed by atoms with Crippen LogP contribution in [0.15, 0.2) is 46.2 Å². The van der Waals surface area contributed by atoms with E-state index in [1.807, 2.05) is 0 Å². The van der Waals surface area contributed by atoms with Gasteiger partial charge in [-0.2, -0.15) is 0 Å². The van der Waals surface area contributed by atoms with E-state index in [1.165, 1.54) is 25.0 Å². The second-order valence-electron chi connectivity index (χ2n) is 5.59. The maximum atomic E-state index is 12.3. The molecule has 28 heavy (non-hydrogen) atoms. The van der Waals surface area contributed by atoms with Crippen LogP contribution >= 0.6 is 11.8 Å². The van der Waals surface area contributed by atoms with Gasteiger partial charge in [0.2, 0.25) is 22.8 Å². The molecule has 1 aromatic carbocycles. The summed E-state index contributed by atoms with van der Waals surface area (Å²) in [4.78, 5) is 23.6. The third-order valence-electron chi connectivity index (χ3n) is 3.53. The number of anilines is 2. The summed E-state index contributed by atoms with van der Waals surface area (Å²) in [5, 5.41) is 13.7. The minimum absolute atomic E-state index is 0.0427. The molecule has 0 radical (unpaired) electrons. The predicted molar refractivity (Wildman–Crippen MR) is 105 cm³/mol. The summed E-state index contributed by atoms with van der Waals surface area (Å²) in [7, 11) is 1.49. The van der Waals surface area contributed by atoms with Crippen LogP contribution < -0.4 is 21.2 Å². The third-order valence-corrected chi connectivity index (χ3v) is 4.48. The fourth-order valence-corrected chi connectivity index (χ4v) is 3.01. The summed E-state index contributed by atoms with van der Waals surface area (Å²) in [6, 6.07) is 8.37. The largest absolute Gasteiger partial charge is 0.495 e. The molecule has 0 unspecified atom stereocenters. The average Bonchev–Trinajstić information content (AvgIpc) is 3.29. The number of nitrogen functional groups attached to an aromatic ring is 1. The number of methoxy groups -OCH3 is 1. The number of furan rings is 1. The van der Waals surface area contributed by atoms with Gasteiger partial charge in [0.1, 0.15) is 5.75 Å². The van der Waals surface area contributed by atoms with E-state index in [1.54, 1.807) is 30.3 Å². The van der Waals surface area contributed by atoms with Crippen molar-refractivity contribution in [3.05, 3.63) is 36.6 Å². The quantitative estimate of drug-likeness (QED) is 0.403. The maximum Gasteiger partial charge on any atom is 0.234 e. The summed E-state index contributed by atoms with van der Waals surface area (Å²) in [6.07, 6.45) is 1.51. The molecule has 0 atom stereocenters. The molecule has 11 heteroatoms. The minimum Gasteiger partial charge on any atom is -0.495 e. The molecule has 0 saturated heterocycles. The van der Waals surface area contributed by atoms with Gasteiger partial charge in [-0.3, -0.25) is 9.59 Å². The van der Waals surface area contributed by atoms with Crippen LogP contribution in [0.1, 0.15) is 6.92 Å². The van der Waals surface area contributed by atoms with Gasteiger partial charge in [0, 0.05) is 12.6 Å². The number of thioether (sulfide) groups is 1. The molecule has 0 aliphatic heterocycles. The van der Waals surface area contributed by atoms with Crippen molar-refractivity contribution in [1.29, 1.82) is 0 Å². The van der Waals surface area contributed by atoms with Crippen LogP contribution in [0, 0.1) is 0 Å². The lowest BCUT2D eigenvalue weighted by Gasteiger charge is -2.12. The summed E-state index contributed by atoms with van der Waals surface area (Å²) in [5.41, 5.74) is 0.978. The fourth-order valence-electron chi connectivity index (χ4n) is 2.35. The Balaban J connectivity index is 1.65. The minimum atomic E-state index is -0.300. The first-order chi connectivity index (χ1) is 13.5. The predicted octanol–water partition coefficient (Wildman–Crippen LogP) is 1.95. The summed E-state index contributed by atoms with van der Waals surface area (Å²) in [5.74, 6) is 6.80.